The third-order valence-corrected chi connectivity index (χ3v) is 4.09. The van der Waals surface area contributed by atoms with Crippen LogP contribution in [0.5, 0.6) is 0 Å². The summed E-state index contributed by atoms with van der Waals surface area (Å²) in [6.07, 6.45) is 0.626. The highest BCUT2D eigenvalue weighted by molar-refractivity contribution is 5.33. The molecule has 2 atom stereocenters. The normalized spacial score (nSPS) is 24.3. The quantitative estimate of drug-likeness (QED) is 0.841. The summed E-state index contributed by atoms with van der Waals surface area (Å²) in [7, 11) is 0. The Morgan fingerprint density at radius 3 is 2.45 bits per heavy atom. The number of rotatable bonds is 4. The molecule has 1 aliphatic heterocycles. The molecule has 0 unspecified atom stereocenters. The maximum absolute atomic E-state index is 9.84. The van der Waals surface area contributed by atoms with Crippen LogP contribution >= 0.6 is 0 Å². The van der Waals surface area contributed by atoms with Crippen LogP contribution in [0.25, 0.3) is 0 Å². The standard InChI is InChI=1S/C17H23NO2/c1-13(2)17(12-18,14-8-6-5-7-9-14)10-15-11-19-16(3,4)20-15/h5-9,13,15H,10-11H2,1-4H3/t15-,17-/m1/s1. The number of hydrogen-bond donors (Lipinski definition) is 0. The van der Waals surface area contributed by atoms with Crippen LogP contribution in [0.4, 0.5) is 0 Å². The molecular weight excluding hydrogens is 250 g/mol. The van der Waals surface area contributed by atoms with E-state index in [1.165, 1.54) is 0 Å². The third-order valence-electron chi connectivity index (χ3n) is 4.09. The van der Waals surface area contributed by atoms with Gasteiger partial charge in [-0.25, -0.2) is 0 Å². The van der Waals surface area contributed by atoms with Crippen molar-refractivity contribution in [2.45, 2.75) is 51.4 Å². The molecule has 0 spiro atoms. The summed E-state index contributed by atoms with van der Waals surface area (Å²) in [6, 6.07) is 12.6. The first-order chi connectivity index (χ1) is 9.39. The summed E-state index contributed by atoms with van der Waals surface area (Å²) >= 11 is 0. The monoisotopic (exact) mass is 273 g/mol. The van der Waals surface area contributed by atoms with Crippen LogP contribution in [-0.4, -0.2) is 18.5 Å². The van der Waals surface area contributed by atoms with E-state index < -0.39 is 11.2 Å². The molecule has 1 aromatic rings. The molecule has 1 aromatic carbocycles. The van der Waals surface area contributed by atoms with Crippen molar-refractivity contribution in [1.82, 2.24) is 0 Å². The van der Waals surface area contributed by atoms with Crippen LogP contribution in [0.15, 0.2) is 30.3 Å². The van der Waals surface area contributed by atoms with Gasteiger partial charge >= 0.3 is 0 Å². The summed E-state index contributed by atoms with van der Waals surface area (Å²) in [5.74, 6) is -0.332. The Morgan fingerprint density at radius 1 is 1.35 bits per heavy atom. The molecule has 1 fully saturated rings. The van der Waals surface area contributed by atoms with Crippen molar-refractivity contribution >= 4 is 0 Å². The molecule has 20 heavy (non-hydrogen) atoms. The van der Waals surface area contributed by atoms with Crippen LogP contribution in [0.1, 0.15) is 39.7 Å². The second-order valence-electron chi connectivity index (χ2n) is 6.26. The minimum Gasteiger partial charge on any atom is -0.348 e. The molecule has 0 aliphatic carbocycles. The highest BCUT2D eigenvalue weighted by Crippen LogP contribution is 2.39. The highest BCUT2D eigenvalue weighted by Gasteiger charge is 2.43. The first kappa shape index (κ1) is 15.0. The molecule has 0 aromatic heterocycles. The molecule has 1 heterocycles. The number of benzene rings is 1. The summed E-state index contributed by atoms with van der Waals surface area (Å²) in [5, 5.41) is 9.84. The summed E-state index contributed by atoms with van der Waals surface area (Å²) in [5.41, 5.74) is 0.529. The average molecular weight is 273 g/mol. The van der Waals surface area contributed by atoms with Gasteiger partial charge in [-0.15, -0.1) is 0 Å². The number of nitriles is 1. The molecule has 0 amide bonds. The van der Waals surface area contributed by atoms with Gasteiger partial charge in [0.1, 0.15) is 0 Å². The smallest absolute Gasteiger partial charge is 0.163 e. The molecule has 0 bridgehead atoms. The molecule has 0 radical (unpaired) electrons. The van der Waals surface area contributed by atoms with Crippen molar-refractivity contribution in [1.29, 1.82) is 5.26 Å². The Kier molecular flexibility index (Phi) is 4.17. The zero-order chi connectivity index (χ0) is 14.8. The predicted octanol–water partition coefficient (Wildman–Crippen LogP) is 3.65. The van der Waals surface area contributed by atoms with Crippen molar-refractivity contribution in [3.63, 3.8) is 0 Å². The van der Waals surface area contributed by atoms with E-state index in [-0.39, 0.29) is 12.0 Å². The Balaban J connectivity index is 2.28. The molecule has 2 rings (SSSR count). The van der Waals surface area contributed by atoms with Crippen LogP contribution in [-0.2, 0) is 14.9 Å². The first-order valence-electron chi connectivity index (χ1n) is 7.18. The van der Waals surface area contributed by atoms with E-state index >= 15 is 0 Å². The van der Waals surface area contributed by atoms with Gasteiger partial charge in [0.15, 0.2) is 5.79 Å². The zero-order valence-electron chi connectivity index (χ0n) is 12.7. The lowest BCUT2D eigenvalue weighted by atomic mass is 9.69. The lowest BCUT2D eigenvalue weighted by Gasteiger charge is -2.33. The average Bonchev–Trinajstić information content (AvgIpc) is 2.76. The molecule has 108 valence electrons. The molecular formula is C17H23NO2. The van der Waals surface area contributed by atoms with E-state index in [4.69, 9.17) is 9.47 Å². The second kappa shape index (κ2) is 5.55. The van der Waals surface area contributed by atoms with Crippen molar-refractivity contribution in [3.8, 4) is 6.07 Å². The summed E-state index contributed by atoms with van der Waals surface area (Å²) < 4.78 is 11.5. The van der Waals surface area contributed by atoms with E-state index in [2.05, 4.69) is 19.9 Å². The Bertz CT molecular complexity index is 489. The van der Waals surface area contributed by atoms with Gasteiger partial charge < -0.3 is 9.47 Å². The Morgan fingerprint density at radius 2 is 2.00 bits per heavy atom. The van der Waals surface area contributed by atoms with E-state index in [0.29, 0.717) is 13.0 Å². The predicted molar refractivity (Wildman–Crippen MR) is 78.1 cm³/mol. The van der Waals surface area contributed by atoms with E-state index in [1.54, 1.807) is 0 Å². The lowest BCUT2D eigenvalue weighted by molar-refractivity contribution is -0.140. The zero-order valence-corrected chi connectivity index (χ0v) is 12.7. The van der Waals surface area contributed by atoms with Crippen molar-refractivity contribution in [2.24, 2.45) is 5.92 Å². The second-order valence-corrected chi connectivity index (χ2v) is 6.26. The van der Waals surface area contributed by atoms with Crippen LogP contribution in [0.2, 0.25) is 0 Å². The van der Waals surface area contributed by atoms with Gasteiger partial charge in [0.2, 0.25) is 0 Å². The first-order valence-corrected chi connectivity index (χ1v) is 7.18. The van der Waals surface area contributed by atoms with Crippen LogP contribution < -0.4 is 0 Å². The lowest BCUT2D eigenvalue weighted by Crippen LogP contribution is -2.36. The van der Waals surface area contributed by atoms with Gasteiger partial charge in [-0.3, -0.25) is 0 Å². The van der Waals surface area contributed by atoms with Crippen molar-refractivity contribution in [3.05, 3.63) is 35.9 Å². The maximum Gasteiger partial charge on any atom is 0.163 e. The molecule has 0 N–H and O–H groups in total. The fourth-order valence-corrected chi connectivity index (χ4v) is 2.88. The molecule has 3 heteroatoms. The fourth-order valence-electron chi connectivity index (χ4n) is 2.88. The SMILES string of the molecule is CC(C)[C@](C#N)(C[C@@H]1COC(C)(C)O1)c1ccccc1. The number of ether oxygens (including phenoxy) is 2. The van der Waals surface area contributed by atoms with Gasteiger partial charge in [0.05, 0.1) is 24.2 Å². The summed E-state index contributed by atoms with van der Waals surface area (Å²) in [4.78, 5) is 0. The van der Waals surface area contributed by atoms with Crippen molar-refractivity contribution in [2.75, 3.05) is 6.61 Å². The van der Waals surface area contributed by atoms with Gasteiger partial charge in [0.25, 0.3) is 0 Å². The van der Waals surface area contributed by atoms with Gasteiger partial charge in [0, 0.05) is 0 Å². The fraction of sp³-hybridized carbons (Fsp3) is 0.588. The van der Waals surface area contributed by atoms with E-state index in [9.17, 15) is 5.26 Å². The molecule has 1 aliphatic rings. The summed E-state index contributed by atoms with van der Waals surface area (Å²) in [6.45, 7) is 8.57. The minimum absolute atomic E-state index is 0.0349. The van der Waals surface area contributed by atoms with Crippen LogP contribution in [0, 0.1) is 17.2 Å². The molecule has 1 saturated heterocycles. The van der Waals surface area contributed by atoms with Gasteiger partial charge in [-0.05, 0) is 31.7 Å². The maximum atomic E-state index is 9.84. The van der Waals surface area contributed by atoms with Gasteiger partial charge in [-0.1, -0.05) is 44.2 Å². The Hall–Kier alpha value is -1.37. The van der Waals surface area contributed by atoms with Crippen molar-refractivity contribution < 1.29 is 9.47 Å². The Labute approximate surface area is 121 Å². The third kappa shape index (κ3) is 2.87. The molecule has 0 saturated carbocycles. The van der Waals surface area contributed by atoms with Crippen LogP contribution in [0.3, 0.4) is 0 Å². The minimum atomic E-state index is -0.542. The number of nitrogens with zero attached hydrogens (tertiary/aromatic N) is 1. The molecule has 3 nitrogen and oxygen atoms in total. The topological polar surface area (TPSA) is 42.2 Å². The largest absolute Gasteiger partial charge is 0.348 e. The highest BCUT2D eigenvalue weighted by atomic mass is 16.7. The van der Waals surface area contributed by atoms with Gasteiger partial charge in [-0.2, -0.15) is 5.26 Å². The van der Waals surface area contributed by atoms with E-state index in [0.717, 1.165) is 5.56 Å². The van der Waals surface area contributed by atoms with E-state index in [1.807, 2.05) is 44.2 Å². The number of hydrogen-bond acceptors (Lipinski definition) is 3.